The lowest BCUT2D eigenvalue weighted by Gasteiger charge is -2.24. The zero-order valence-corrected chi connectivity index (χ0v) is 24.9. The molecule has 3 rings (SSSR count). The number of halogens is 5. The van der Waals surface area contributed by atoms with Crippen molar-refractivity contribution in [3.05, 3.63) is 75.3 Å². The van der Waals surface area contributed by atoms with Gasteiger partial charge in [-0.05, 0) is 57.1 Å². The Hall–Kier alpha value is -4.10. The maximum absolute atomic E-state index is 14.7. The number of nitrogens with zero attached hydrogens (tertiary/aromatic N) is 4. The highest BCUT2D eigenvalue weighted by Gasteiger charge is 2.29. The number of carbonyl (C=O) groups is 2. The van der Waals surface area contributed by atoms with E-state index in [2.05, 4.69) is 20.9 Å². The molecule has 44 heavy (non-hydrogen) atoms. The van der Waals surface area contributed by atoms with Crippen molar-refractivity contribution < 1.29 is 31.5 Å². The van der Waals surface area contributed by atoms with Crippen molar-refractivity contribution in [3.63, 3.8) is 0 Å². The SMILES string of the molecule is CC/C(C)=C(/C=C\C=C(/C)C(F)(F)F)CNC(=O)c1cn(CC(F)CCn2ccc(NC(=O)CC3CCC3)c(F)c2=O)nn1. The second-order valence-electron chi connectivity index (χ2n) is 10.9. The third-order valence-electron chi connectivity index (χ3n) is 7.53. The van der Waals surface area contributed by atoms with Crippen LogP contribution in [0.3, 0.4) is 0 Å². The normalized spacial score (nSPS) is 15.6. The van der Waals surface area contributed by atoms with E-state index in [-0.39, 0.29) is 55.7 Å². The summed E-state index contributed by atoms with van der Waals surface area (Å²) in [6.45, 7) is 4.26. The van der Waals surface area contributed by atoms with Crippen LogP contribution in [0, 0.1) is 11.7 Å². The molecule has 0 saturated heterocycles. The average Bonchev–Trinajstić information content (AvgIpc) is 3.42. The number of nitrogens with one attached hydrogen (secondary N) is 2. The Balaban J connectivity index is 1.51. The summed E-state index contributed by atoms with van der Waals surface area (Å²) in [7, 11) is 0. The highest BCUT2D eigenvalue weighted by Crippen LogP contribution is 2.29. The predicted molar refractivity (Wildman–Crippen MR) is 155 cm³/mol. The van der Waals surface area contributed by atoms with Crippen LogP contribution >= 0.6 is 0 Å². The van der Waals surface area contributed by atoms with E-state index < -0.39 is 35.2 Å². The van der Waals surface area contributed by atoms with Crippen LogP contribution in [-0.4, -0.2) is 50.3 Å². The molecule has 2 N–H and O–H groups in total. The topological polar surface area (TPSA) is 111 Å². The third-order valence-corrected chi connectivity index (χ3v) is 7.53. The Kier molecular flexibility index (Phi) is 12.2. The molecule has 0 spiro atoms. The molecule has 1 fully saturated rings. The summed E-state index contributed by atoms with van der Waals surface area (Å²) in [6, 6.07) is 1.27. The van der Waals surface area contributed by atoms with E-state index >= 15 is 0 Å². The molecule has 0 radical (unpaired) electrons. The van der Waals surface area contributed by atoms with Crippen LogP contribution in [0.25, 0.3) is 0 Å². The number of aromatic nitrogens is 4. The second-order valence-corrected chi connectivity index (χ2v) is 10.9. The monoisotopic (exact) mass is 624 g/mol. The van der Waals surface area contributed by atoms with Crippen molar-refractivity contribution in [2.75, 3.05) is 11.9 Å². The Morgan fingerprint density at radius 3 is 2.59 bits per heavy atom. The molecule has 240 valence electrons. The molecule has 0 aromatic carbocycles. The van der Waals surface area contributed by atoms with E-state index in [1.807, 2.05) is 6.92 Å². The zero-order chi connectivity index (χ0) is 32.4. The molecule has 0 bridgehead atoms. The number of allylic oxidation sites excluding steroid dienone is 4. The van der Waals surface area contributed by atoms with E-state index in [4.69, 9.17) is 0 Å². The van der Waals surface area contributed by atoms with Crippen molar-refractivity contribution in [1.82, 2.24) is 24.9 Å². The fourth-order valence-corrected chi connectivity index (χ4v) is 4.29. The predicted octanol–water partition coefficient (Wildman–Crippen LogP) is 5.66. The fourth-order valence-electron chi connectivity index (χ4n) is 4.29. The van der Waals surface area contributed by atoms with Gasteiger partial charge in [-0.2, -0.15) is 17.6 Å². The minimum Gasteiger partial charge on any atom is -0.347 e. The lowest BCUT2D eigenvalue weighted by molar-refractivity contribution is -0.117. The van der Waals surface area contributed by atoms with E-state index in [1.54, 1.807) is 6.92 Å². The summed E-state index contributed by atoms with van der Waals surface area (Å²) in [6.07, 6.45) is 4.03. The van der Waals surface area contributed by atoms with Gasteiger partial charge in [-0.3, -0.25) is 14.4 Å². The summed E-state index contributed by atoms with van der Waals surface area (Å²) in [4.78, 5) is 37.1. The summed E-state index contributed by atoms with van der Waals surface area (Å²) in [5, 5.41) is 12.6. The molecule has 1 aliphatic rings. The maximum Gasteiger partial charge on any atom is 0.412 e. The molecule has 0 aliphatic heterocycles. The van der Waals surface area contributed by atoms with Gasteiger partial charge in [0.15, 0.2) is 5.69 Å². The molecular formula is C30H37F5N6O3. The molecule has 9 nitrogen and oxygen atoms in total. The largest absolute Gasteiger partial charge is 0.412 e. The van der Waals surface area contributed by atoms with Gasteiger partial charge in [0, 0.05) is 31.3 Å². The minimum atomic E-state index is -4.43. The Morgan fingerprint density at radius 2 is 1.95 bits per heavy atom. The number of carbonyl (C=O) groups excluding carboxylic acids is 2. The molecule has 14 heteroatoms. The summed E-state index contributed by atoms with van der Waals surface area (Å²) >= 11 is 0. The van der Waals surface area contributed by atoms with Crippen molar-refractivity contribution in [2.24, 2.45) is 5.92 Å². The number of amides is 2. The quantitative estimate of drug-likeness (QED) is 0.208. The smallest absolute Gasteiger partial charge is 0.347 e. The van der Waals surface area contributed by atoms with Crippen LogP contribution in [0.1, 0.15) is 69.8 Å². The highest BCUT2D eigenvalue weighted by molar-refractivity contribution is 5.92. The standard InChI is InChI=1S/C30H37F5N6O3/c1-4-19(2)22(10-5-7-20(3)30(33,34)35)16-36-28(43)25-18-41(39-38-25)17-23(31)11-13-40-14-12-24(27(32)29(40)44)37-26(42)15-21-8-6-9-21/h5,7,10,12,14,18,21,23H,4,6,8-9,11,13,15-17H2,1-3H3,(H,36,43)(H,37,42)/b10-5-,20-7+,22-19-. The van der Waals surface area contributed by atoms with Gasteiger partial charge in [0.05, 0.1) is 18.4 Å². The summed E-state index contributed by atoms with van der Waals surface area (Å²) < 4.78 is 69.6. The zero-order valence-electron chi connectivity index (χ0n) is 24.9. The van der Waals surface area contributed by atoms with E-state index in [0.717, 1.165) is 47.1 Å². The van der Waals surface area contributed by atoms with Crippen molar-refractivity contribution in [3.8, 4) is 0 Å². The van der Waals surface area contributed by atoms with Crippen LogP contribution in [0.15, 0.2) is 58.2 Å². The molecule has 1 atom stereocenters. The fraction of sp³-hybridized carbons (Fsp3) is 0.500. The van der Waals surface area contributed by atoms with Gasteiger partial charge in [0.2, 0.25) is 11.7 Å². The highest BCUT2D eigenvalue weighted by atomic mass is 19.4. The molecular weight excluding hydrogens is 587 g/mol. The molecule has 1 saturated carbocycles. The summed E-state index contributed by atoms with van der Waals surface area (Å²) in [5.74, 6) is -1.79. The van der Waals surface area contributed by atoms with E-state index in [0.29, 0.717) is 12.0 Å². The van der Waals surface area contributed by atoms with Crippen molar-refractivity contribution >= 4 is 17.5 Å². The van der Waals surface area contributed by atoms with Gasteiger partial charge in [-0.25, -0.2) is 9.07 Å². The summed E-state index contributed by atoms with van der Waals surface area (Å²) in [5.41, 5.74) is -0.546. The van der Waals surface area contributed by atoms with E-state index in [1.165, 1.54) is 30.6 Å². The third kappa shape index (κ3) is 9.98. The number of rotatable bonds is 14. The second kappa shape index (κ2) is 15.6. The molecule has 2 aromatic rings. The van der Waals surface area contributed by atoms with Gasteiger partial charge in [0.25, 0.3) is 11.5 Å². The first-order chi connectivity index (χ1) is 20.8. The Bertz CT molecular complexity index is 1470. The maximum atomic E-state index is 14.7. The number of pyridine rings is 1. The molecule has 1 unspecified atom stereocenters. The van der Waals surface area contributed by atoms with Crippen LogP contribution in [0.4, 0.5) is 27.6 Å². The van der Waals surface area contributed by atoms with Gasteiger partial charge in [-0.1, -0.05) is 42.4 Å². The van der Waals surface area contributed by atoms with Crippen LogP contribution < -0.4 is 16.2 Å². The van der Waals surface area contributed by atoms with Crippen LogP contribution in [0.5, 0.6) is 0 Å². The number of hydrogen-bond donors (Lipinski definition) is 2. The number of anilines is 1. The lowest BCUT2D eigenvalue weighted by atomic mass is 9.83. The first kappa shape index (κ1) is 34.4. The van der Waals surface area contributed by atoms with Gasteiger partial charge >= 0.3 is 6.18 Å². The molecule has 1 aliphatic carbocycles. The number of aryl methyl sites for hydroxylation is 1. The average molecular weight is 625 g/mol. The molecule has 2 amide bonds. The van der Waals surface area contributed by atoms with Gasteiger partial charge in [-0.15, -0.1) is 5.10 Å². The number of alkyl halides is 4. The van der Waals surface area contributed by atoms with Crippen LogP contribution in [0.2, 0.25) is 0 Å². The lowest BCUT2D eigenvalue weighted by Crippen LogP contribution is -2.27. The van der Waals surface area contributed by atoms with Crippen molar-refractivity contribution in [2.45, 2.75) is 84.7 Å². The molecule has 2 aromatic heterocycles. The van der Waals surface area contributed by atoms with E-state index in [9.17, 15) is 36.3 Å². The van der Waals surface area contributed by atoms with Gasteiger partial charge < -0.3 is 15.2 Å². The first-order valence-electron chi connectivity index (χ1n) is 14.4. The molecule has 2 heterocycles. The van der Waals surface area contributed by atoms with Gasteiger partial charge in [0.1, 0.15) is 6.17 Å². The Labute approximate surface area is 251 Å². The van der Waals surface area contributed by atoms with Crippen molar-refractivity contribution in [1.29, 1.82) is 0 Å². The first-order valence-corrected chi connectivity index (χ1v) is 14.4. The Morgan fingerprint density at radius 1 is 1.23 bits per heavy atom. The number of hydrogen-bond acceptors (Lipinski definition) is 5. The minimum absolute atomic E-state index is 0.0286. The van der Waals surface area contributed by atoms with Crippen LogP contribution in [-0.2, 0) is 17.9 Å².